The van der Waals surface area contributed by atoms with Gasteiger partial charge in [-0.1, -0.05) is 20.8 Å². The van der Waals surface area contributed by atoms with Gasteiger partial charge < -0.3 is 0 Å². The van der Waals surface area contributed by atoms with E-state index in [2.05, 4.69) is 20.8 Å². The van der Waals surface area contributed by atoms with E-state index in [9.17, 15) is 4.79 Å². The van der Waals surface area contributed by atoms with Crippen LogP contribution in [0, 0.1) is 22.2 Å². The van der Waals surface area contributed by atoms with Crippen molar-refractivity contribution in [2.75, 3.05) is 0 Å². The third-order valence-corrected chi connectivity index (χ3v) is 2.31. The second-order valence-electron chi connectivity index (χ2n) is 4.96. The maximum atomic E-state index is 11.2. The van der Waals surface area contributed by atoms with Crippen LogP contribution in [0.4, 0.5) is 0 Å². The minimum Gasteiger partial charge on any atom is -0.282 e. The Bertz CT molecular complexity index is 238. The maximum absolute atomic E-state index is 11.2. The van der Waals surface area contributed by atoms with Crippen LogP contribution in [0.1, 0.15) is 40.0 Å². The fourth-order valence-corrected chi connectivity index (χ4v) is 1.77. The predicted octanol–water partition coefficient (Wildman–Crippen LogP) is 2.30. The van der Waals surface area contributed by atoms with Crippen LogP contribution in [0.5, 0.6) is 0 Å². The molecular weight excluding hydrogens is 150 g/mol. The molecule has 0 radical (unpaired) electrons. The lowest BCUT2D eigenvalue weighted by Crippen LogP contribution is -2.21. The lowest BCUT2D eigenvalue weighted by Gasteiger charge is -2.22. The van der Waals surface area contributed by atoms with E-state index in [1.807, 2.05) is 0 Å². The maximum Gasteiger partial charge on any atom is 0.238 e. The van der Waals surface area contributed by atoms with Gasteiger partial charge in [-0.25, -0.2) is 0 Å². The Kier molecular flexibility index (Phi) is 1.99. The van der Waals surface area contributed by atoms with Gasteiger partial charge >= 0.3 is 0 Å². The number of Topliss-reactive ketones (excluding diaryl/α,β-unsaturated/α-hetero) is 1. The number of hydrogen-bond donors (Lipinski definition) is 0. The minimum atomic E-state index is -0.257. The van der Waals surface area contributed by atoms with Crippen LogP contribution in [-0.2, 0) is 4.79 Å². The molecule has 1 rings (SSSR count). The van der Waals surface area contributed by atoms with Crippen LogP contribution < -0.4 is 0 Å². The van der Waals surface area contributed by atoms with Crippen molar-refractivity contribution in [3.05, 3.63) is 0 Å². The van der Waals surface area contributed by atoms with Gasteiger partial charge in [-0.05, 0) is 24.7 Å². The number of nitrogens with zero attached hydrogens (tertiary/aromatic N) is 1. The van der Waals surface area contributed by atoms with Gasteiger partial charge in [0.25, 0.3) is 0 Å². The second kappa shape index (κ2) is 2.58. The molecule has 0 aromatic heterocycles. The monoisotopic (exact) mass is 165 g/mol. The fraction of sp³-hybridized carbons (Fsp3) is 0.800. The zero-order valence-electron chi connectivity index (χ0n) is 7.98. The first-order valence-corrected chi connectivity index (χ1v) is 4.34. The van der Waals surface area contributed by atoms with Crippen LogP contribution >= 0.6 is 0 Å². The first-order valence-electron chi connectivity index (χ1n) is 4.34. The average molecular weight is 165 g/mol. The molecule has 0 N–H and O–H groups in total. The average Bonchev–Trinajstić information content (AvgIpc) is 2.64. The molecule has 1 aliphatic rings. The number of hydrogen-bond acceptors (Lipinski definition) is 2. The van der Waals surface area contributed by atoms with Gasteiger partial charge in [0.2, 0.25) is 5.78 Å². The van der Waals surface area contributed by atoms with Gasteiger partial charge in [-0.2, -0.15) is 5.26 Å². The Morgan fingerprint density at radius 3 is 2.25 bits per heavy atom. The number of ketones is 1. The van der Waals surface area contributed by atoms with Crippen LogP contribution in [0.3, 0.4) is 0 Å². The van der Waals surface area contributed by atoms with Gasteiger partial charge in [-0.15, -0.1) is 0 Å². The van der Waals surface area contributed by atoms with Crippen LogP contribution in [0.25, 0.3) is 0 Å². The van der Waals surface area contributed by atoms with E-state index >= 15 is 0 Å². The normalized spacial score (nSPS) is 19.8. The van der Waals surface area contributed by atoms with Crippen molar-refractivity contribution in [2.45, 2.75) is 40.0 Å². The van der Waals surface area contributed by atoms with E-state index in [1.165, 1.54) is 0 Å². The molecule has 0 unspecified atom stereocenters. The van der Waals surface area contributed by atoms with Crippen molar-refractivity contribution in [3.63, 3.8) is 0 Å². The van der Waals surface area contributed by atoms with E-state index in [4.69, 9.17) is 5.26 Å². The third kappa shape index (κ3) is 1.85. The van der Waals surface area contributed by atoms with Crippen LogP contribution in [0.2, 0.25) is 0 Å². The molecule has 0 aromatic carbocycles. The van der Waals surface area contributed by atoms with Crippen LogP contribution in [0.15, 0.2) is 0 Å². The van der Waals surface area contributed by atoms with Gasteiger partial charge in [0.05, 0.1) is 0 Å². The molecule has 0 bridgehead atoms. The summed E-state index contributed by atoms with van der Waals surface area (Å²) >= 11 is 0. The van der Waals surface area contributed by atoms with E-state index < -0.39 is 0 Å². The molecule has 1 aliphatic carbocycles. The summed E-state index contributed by atoms with van der Waals surface area (Å²) in [5, 5.41) is 8.51. The summed E-state index contributed by atoms with van der Waals surface area (Å²) in [6, 6.07) is 1.75. The van der Waals surface area contributed by atoms with Crippen molar-refractivity contribution in [2.24, 2.45) is 10.8 Å². The molecule has 2 heteroatoms. The fourth-order valence-electron chi connectivity index (χ4n) is 1.77. The van der Waals surface area contributed by atoms with Crippen molar-refractivity contribution < 1.29 is 4.79 Å². The highest BCUT2D eigenvalue weighted by molar-refractivity contribution is 6.00. The van der Waals surface area contributed by atoms with Gasteiger partial charge in [0.1, 0.15) is 6.07 Å². The lowest BCUT2D eigenvalue weighted by atomic mass is 9.81. The van der Waals surface area contributed by atoms with E-state index in [1.54, 1.807) is 6.07 Å². The minimum absolute atomic E-state index is 0.156. The van der Waals surface area contributed by atoms with Crippen molar-refractivity contribution in [1.29, 1.82) is 5.26 Å². The Morgan fingerprint density at radius 2 is 2.00 bits per heavy atom. The number of rotatable bonds is 2. The number of carbonyl (C=O) groups excluding carboxylic acids is 1. The predicted molar refractivity (Wildman–Crippen MR) is 46.4 cm³/mol. The molecule has 0 aliphatic heterocycles. The highest BCUT2D eigenvalue weighted by Crippen LogP contribution is 2.53. The highest BCUT2D eigenvalue weighted by Gasteiger charge is 2.51. The molecule has 1 saturated carbocycles. The van der Waals surface area contributed by atoms with E-state index in [0.29, 0.717) is 0 Å². The summed E-state index contributed by atoms with van der Waals surface area (Å²) in [5.41, 5.74) is -0.101. The quantitative estimate of drug-likeness (QED) is 0.589. The molecule has 0 saturated heterocycles. The van der Waals surface area contributed by atoms with E-state index in [0.717, 1.165) is 19.3 Å². The Balaban J connectivity index is 2.64. The van der Waals surface area contributed by atoms with Crippen molar-refractivity contribution in [1.82, 2.24) is 0 Å². The SMILES string of the molecule is CC(C)(C)CC1(C(=O)C#N)CC1. The molecule has 0 aromatic rings. The zero-order chi connectivity index (χ0) is 9.41. The molecule has 2 nitrogen and oxygen atoms in total. The largest absolute Gasteiger partial charge is 0.282 e. The second-order valence-corrected chi connectivity index (χ2v) is 4.96. The summed E-state index contributed by atoms with van der Waals surface area (Å²) in [7, 11) is 0. The number of nitriles is 1. The first-order chi connectivity index (χ1) is 5.40. The molecule has 0 heterocycles. The molecule has 0 spiro atoms. The lowest BCUT2D eigenvalue weighted by molar-refractivity contribution is -0.119. The van der Waals surface area contributed by atoms with Gasteiger partial charge in [0, 0.05) is 5.41 Å². The Morgan fingerprint density at radius 1 is 1.50 bits per heavy atom. The van der Waals surface area contributed by atoms with Crippen molar-refractivity contribution in [3.8, 4) is 6.07 Å². The van der Waals surface area contributed by atoms with E-state index in [-0.39, 0.29) is 16.6 Å². The number of carbonyl (C=O) groups is 1. The van der Waals surface area contributed by atoms with Crippen molar-refractivity contribution >= 4 is 5.78 Å². The molecule has 1 fully saturated rings. The zero-order valence-corrected chi connectivity index (χ0v) is 7.98. The van der Waals surface area contributed by atoms with Crippen LogP contribution in [-0.4, -0.2) is 5.78 Å². The first kappa shape index (κ1) is 9.25. The summed E-state index contributed by atoms with van der Waals surface area (Å²) in [4.78, 5) is 11.2. The summed E-state index contributed by atoms with van der Waals surface area (Å²) in [6.45, 7) is 6.33. The molecule has 0 amide bonds. The molecular formula is C10H15NO. The third-order valence-electron chi connectivity index (χ3n) is 2.31. The molecule has 66 valence electrons. The van der Waals surface area contributed by atoms with Gasteiger partial charge in [0.15, 0.2) is 0 Å². The summed E-state index contributed by atoms with van der Waals surface area (Å²) < 4.78 is 0. The molecule has 0 atom stereocenters. The smallest absolute Gasteiger partial charge is 0.238 e. The Labute approximate surface area is 73.6 Å². The Hall–Kier alpha value is -0.840. The summed E-state index contributed by atoms with van der Waals surface area (Å²) in [5.74, 6) is -0.211. The highest BCUT2D eigenvalue weighted by atomic mass is 16.1. The molecule has 12 heavy (non-hydrogen) atoms. The summed E-state index contributed by atoms with van der Waals surface area (Å²) in [6.07, 6.45) is 2.68. The topological polar surface area (TPSA) is 40.9 Å². The standard InChI is InChI=1S/C10H15NO/c1-9(2,3)7-10(4-5-10)8(12)6-11/h4-5,7H2,1-3H3. The van der Waals surface area contributed by atoms with Gasteiger partial charge in [-0.3, -0.25) is 4.79 Å².